The Hall–Kier alpha value is -2.68. The molecule has 3 heterocycles. The molecule has 0 radical (unpaired) electrons. The van der Waals surface area contributed by atoms with Crippen LogP contribution in [-0.4, -0.2) is 41.1 Å². The highest BCUT2D eigenvalue weighted by Gasteiger charge is 2.24. The summed E-state index contributed by atoms with van der Waals surface area (Å²) in [7, 11) is 2.09. The fourth-order valence-electron chi connectivity index (χ4n) is 2.96. The van der Waals surface area contributed by atoms with E-state index in [0.29, 0.717) is 11.6 Å². The van der Waals surface area contributed by atoms with E-state index in [0.717, 1.165) is 43.3 Å². The summed E-state index contributed by atoms with van der Waals surface area (Å²) in [6.45, 7) is 3.84. The molecule has 0 aliphatic carbocycles. The third-order valence-corrected chi connectivity index (χ3v) is 4.36. The van der Waals surface area contributed by atoms with Crippen LogP contribution in [0, 0.1) is 18.3 Å². The van der Waals surface area contributed by atoms with Crippen molar-refractivity contribution in [2.45, 2.75) is 25.8 Å². The summed E-state index contributed by atoms with van der Waals surface area (Å²) in [6, 6.07) is 8.24. The van der Waals surface area contributed by atoms with Crippen LogP contribution in [-0.2, 0) is 0 Å². The van der Waals surface area contributed by atoms with Crippen molar-refractivity contribution in [3.05, 3.63) is 42.0 Å². The SMILES string of the molecule is Cc1cc(N(C)C2CCN(c3cc(C#N)ccn3)CC2)ncn1. The molecule has 23 heavy (non-hydrogen) atoms. The highest BCUT2D eigenvalue weighted by molar-refractivity contribution is 5.46. The summed E-state index contributed by atoms with van der Waals surface area (Å²) >= 11 is 0. The molecule has 0 aromatic carbocycles. The Labute approximate surface area is 136 Å². The first-order valence-corrected chi connectivity index (χ1v) is 7.80. The van der Waals surface area contributed by atoms with Crippen molar-refractivity contribution in [2.75, 3.05) is 29.9 Å². The lowest BCUT2D eigenvalue weighted by atomic mass is 10.0. The molecule has 6 nitrogen and oxygen atoms in total. The summed E-state index contributed by atoms with van der Waals surface area (Å²) in [5.41, 5.74) is 1.64. The maximum Gasteiger partial charge on any atom is 0.132 e. The standard InChI is InChI=1S/C17H20N6/c1-13-9-16(21-12-20-13)22(2)15-4-7-23(8-5-15)17-10-14(11-18)3-6-19-17/h3,6,9-10,12,15H,4-5,7-8H2,1-2H3. The topological polar surface area (TPSA) is 68.9 Å². The first kappa shape index (κ1) is 15.2. The van der Waals surface area contributed by atoms with E-state index in [1.807, 2.05) is 19.1 Å². The van der Waals surface area contributed by atoms with Gasteiger partial charge < -0.3 is 9.80 Å². The number of nitrogens with zero attached hydrogens (tertiary/aromatic N) is 6. The third-order valence-electron chi connectivity index (χ3n) is 4.36. The van der Waals surface area contributed by atoms with E-state index in [-0.39, 0.29) is 0 Å². The highest BCUT2D eigenvalue weighted by Crippen LogP contribution is 2.23. The second kappa shape index (κ2) is 6.61. The third kappa shape index (κ3) is 3.39. The van der Waals surface area contributed by atoms with Crippen LogP contribution >= 0.6 is 0 Å². The molecule has 118 valence electrons. The molecule has 0 bridgehead atoms. The number of pyridine rings is 1. The molecule has 0 amide bonds. The van der Waals surface area contributed by atoms with Gasteiger partial charge in [-0.2, -0.15) is 5.26 Å². The number of aromatic nitrogens is 3. The lowest BCUT2D eigenvalue weighted by molar-refractivity contribution is 0.478. The normalized spacial score (nSPS) is 15.3. The predicted octanol–water partition coefficient (Wildman–Crippen LogP) is 2.16. The largest absolute Gasteiger partial charge is 0.356 e. The molecule has 0 atom stereocenters. The van der Waals surface area contributed by atoms with Gasteiger partial charge in [-0.25, -0.2) is 15.0 Å². The average Bonchev–Trinajstić information content (AvgIpc) is 2.61. The number of aryl methyl sites for hydroxylation is 1. The molecule has 3 rings (SSSR count). The molecule has 1 aliphatic heterocycles. The number of nitriles is 1. The van der Waals surface area contributed by atoms with Gasteiger partial charge in [0.1, 0.15) is 18.0 Å². The molecular weight excluding hydrogens is 288 g/mol. The van der Waals surface area contributed by atoms with Crippen LogP contribution in [0.3, 0.4) is 0 Å². The van der Waals surface area contributed by atoms with Crippen molar-refractivity contribution in [3.8, 4) is 6.07 Å². The molecule has 0 unspecified atom stereocenters. The van der Waals surface area contributed by atoms with Crippen LogP contribution < -0.4 is 9.80 Å². The van der Waals surface area contributed by atoms with Gasteiger partial charge in [0.25, 0.3) is 0 Å². The highest BCUT2D eigenvalue weighted by atomic mass is 15.2. The van der Waals surface area contributed by atoms with E-state index in [1.165, 1.54) is 0 Å². The molecule has 2 aromatic heterocycles. The van der Waals surface area contributed by atoms with Crippen molar-refractivity contribution in [2.24, 2.45) is 0 Å². The van der Waals surface area contributed by atoms with E-state index in [9.17, 15) is 0 Å². The van der Waals surface area contributed by atoms with E-state index < -0.39 is 0 Å². The zero-order valence-electron chi connectivity index (χ0n) is 13.5. The minimum Gasteiger partial charge on any atom is -0.356 e. The molecule has 0 saturated carbocycles. The second-order valence-electron chi connectivity index (χ2n) is 5.86. The smallest absolute Gasteiger partial charge is 0.132 e. The number of hydrogen-bond donors (Lipinski definition) is 0. The van der Waals surface area contributed by atoms with Gasteiger partial charge in [0.05, 0.1) is 11.6 Å². The Morgan fingerprint density at radius 3 is 2.70 bits per heavy atom. The van der Waals surface area contributed by atoms with Crippen LogP contribution in [0.4, 0.5) is 11.6 Å². The van der Waals surface area contributed by atoms with E-state index in [1.54, 1.807) is 18.6 Å². The zero-order valence-corrected chi connectivity index (χ0v) is 13.5. The van der Waals surface area contributed by atoms with Gasteiger partial charge in [-0.3, -0.25) is 0 Å². The lowest BCUT2D eigenvalue weighted by Crippen LogP contribution is -2.44. The number of piperidine rings is 1. The van der Waals surface area contributed by atoms with E-state index in [4.69, 9.17) is 5.26 Å². The first-order chi connectivity index (χ1) is 11.2. The van der Waals surface area contributed by atoms with Gasteiger partial charge in [0.2, 0.25) is 0 Å². The molecule has 1 fully saturated rings. The average molecular weight is 308 g/mol. The van der Waals surface area contributed by atoms with Gasteiger partial charge in [-0.1, -0.05) is 0 Å². The molecule has 2 aromatic rings. The minimum absolute atomic E-state index is 0.458. The molecule has 6 heteroatoms. The summed E-state index contributed by atoms with van der Waals surface area (Å²) in [4.78, 5) is 17.4. The van der Waals surface area contributed by atoms with Crippen molar-refractivity contribution in [1.82, 2.24) is 15.0 Å². The fraction of sp³-hybridized carbons (Fsp3) is 0.412. The van der Waals surface area contributed by atoms with Crippen molar-refractivity contribution < 1.29 is 0 Å². The van der Waals surface area contributed by atoms with Crippen LogP contribution in [0.15, 0.2) is 30.7 Å². The van der Waals surface area contributed by atoms with Gasteiger partial charge >= 0.3 is 0 Å². The van der Waals surface area contributed by atoms with Gasteiger partial charge in [0.15, 0.2) is 0 Å². The Balaban J connectivity index is 1.65. The van der Waals surface area contributed by atoms with Crippen LogP contribution in [0.25, 0.3) is 0 Å². The van der Waals surface area contributed by atoms with Crippen LogP contribution in [0.1, 0.15) is 24.1 Å². The number of rotatable bonds is 3. The molecule has 0 spiro atoms. The van der Waals surface area contributed by atoms with Crippen molar-refractivity contribution in [3.63, 3.8) is 0 Å². The Bertz CT molecular complexity index is 715. The Kier molecular flexibility index (Phi) is 4.38. The number of hydrogen-bond acceptors (Lipinski definition) is 6. The van der Waals surface area contributed by atoms with Crippen molar-refractivity contribution >= 4 is 11.6 Å². The maximum atomic E-state index is 9.01. The fourth-order valence-corrected chi connectivity index (χ4v) is 2.96. The molecule has 1 saturated heterocycles. The summed E-state index contributed by atoms with van der Waals surface area (Å²) in [5, 5.41) is 9.01. The molecule has 0 N–H and O–H groups in total. The van der Waals surface area contributed by atoms with E-state index in [2.05, 4.69) is 37.9 Å². The first-order valence-electron chi connectivity index (χ1n) is 7.80. The van der Waals surface area contributed by atoms with Gasteiger partial charge in [-0.05, 0) is 31.9 Å². The van der Waals surface area contributed by atoms with Crippen LogP contribution in [0.5, 0.6) is 0 Å². The predicted molar refractivity (Wildman–Crippen MR) is 89.4 cm³/mol. The van der Waals surface area contributed by atoms with Crippen LogP contribution in [0.2, 0.25) is 0 Å². The Morgan fingerprint density at radius 1 is 1.22 bits per heavy atom. The van der Waals surface area contributed by atoms with Gasteiger partial charge in [0, 0.05) is 44.1 Å². The van der Waals surface area contributed by atoms with Gasteiger partial charge in [-0.15, -0.1) is 0 Å². The lowest BCUT2D eigenvalue weighted by Gasteiger charge is -2.37. The zero-order chi connectivity index (χ0) is 16.2. The summed E-state index contributed by atoms with van der Waals surface area (Å²) in [5.74, 6) is 1.86. The maximum absolute atomic E-state index is 9.01. The summed E-state index contributed by atoms with van der Waals surface area (Å²) in [6.07, 6.45) is 5.40. The quantitative estimate of drug-likeness (QED) is 0.865. The number of anilines is 2. The second-order valence-corrected chi connectivity index (χ2v) is 5.86. The minimum atomic E-state index is 0.458. The molecular formula is C17H20N6. The molecule has 1 aliphatic rings. The van der Waals surface area contributed by atoms with Crippen molar-refractivity contribution in [1.29, 1.82) is 5.26 Å². The summed E-state index contributed by atoms with van der Waals surface area (Å²) < 4.78 is 0. The Morgan fingerprint density at radius 2 is 2.00 bits per heavy atom. The monoisotopic (exact) mass is 308 g/mol. The van der Waals surface area contributed by atoms with E-state index >= 15 is 0 Å².